The topological polar surface area (TPSA) is 30.5 Å². The average Bonchev–Trinajstić information content (AvgIpc) is 2.64. The van der Waals surface area contributed by atoms with E-state index in [2.05, 4.69) is 27.8 Å². The number of halogens is 1. The number of hydrogen-bond acceptors (Lipinski definition) is 3. The van der Waals surface area contributed by atoms with Gasteiger partial charge in [0.2, 0.25) is 6.79 Å². The summed E-state index contributed by atoms with van der Waals surface area (Å²) < 4.78 is 11.5. The summed E-state index contributed by atoms with van der Waals surface area (Å²) in [4.78, 5) is 0. The van der Waals surface area contributed by atoms with E-state index in [1.54, 1.807) is 0 Å². The van der Waals surface area contributed by atoms with Crippen LogP contribution in [0.1, 0.15) is 5.56 Å². The van der Waals surface area contributed by atoms with Crippen LogP contribution in [0.15, 0.2) is 29.3 Å². The van der Waals surface area contributed by atoms with Gasteiger partial charge < -0.3 is 14.8 Å². The van der Waals surface area contributed by atoms with Gasteiger partial charge in [-0.2, -0.15) is 0 Å². The van der Waals surface area contributed by atoms with Crippen LogP contribution in [0.2, 0.25) is 0 Å². The van der Waals surface area contributed by atoms with Crippen LogP contribution in [0.3, 0.4) is 0 Å². The van der Waals surface area contributed by atoms with Gasteiger partial charge in [-0.05, 0) is 17.7 Å². The summed E-state index contributed by atoms with van der Waals surface area (Å²) in [7, 11) is 0. The molecule has 0 unspecified atom stereocenters. The van der Waals surface area contributed by atoms with Crippen LogP contribution < -0.4 is 14.8 Å². The highest BCUT2D eigenvalue weighted by Crippen LogP contribution is 2.32. The molecule has 0 saturated carbocycles. The highest BCUT2D eigenvalue weighted by molar-refractivity contribution is 9.11. The summed E-state index contributed by atoms with van der Waals surface area (Å²) in [5.74, 6) is 1.65. The number of fused-ring (bicyclic) bond motifs is 1. The number of hydrogen-bond donors (Lipinski definition) is 1. The molecule has 1 aromatic carbocycles. The van der Waals surface area contributed by atoms with Crippen molar-refractivity contribution in [3.8, 4) is 11.5 Å². The standard InChI is InChI=1S/C11H12BrNO2/c1-8(12)5-13-6-9-2-3-10-11(4-9)15-7-14-10/h2-4,13H,1,5-7H2. The van der Waals surface area contributed by atoms with E-state index in [9.17, 15) is 0 Å². The maximum Gasteiger partial charge on any atom is 0.231 e. The van der Waals surface area contributed by atoms with E-state index >= 15 is 0 Å². The van der Waals surface area contributed by atoms with Gasteiger partial charge in [0, 0.05) is 17.6 Å². The molecule has 0 atom stereocenters. The SMILES string of the molecule is C=C(Br)CNCc1ccc2c(c1)OCO2. The zero-order chi connectivity index (χ0) is 10.7. The fourth-order valence-electron chi connectivity index (χ4n) is 1.39. The number of ether oxygens (including phenoxy) is 2. The van der Waals surface area contributed by atoms with Crippen LogP contribution in [-0.2, 0) is 6.54 Å². The Labute approximate surface area is 97.2 Å². The van der Waals surface area contributed by atoms with Crippen LogP contribution >= 0.6 is 15.9 Å². The Morgan fingerprint density at radius 2 is 2.20 bits per heavy atom. The van der Waals surface area contributed by atoms with Gasteiger partial charge in [-0.25, -0.2) is 0 Å². The molecule has 1 aliphatic rings. The van der Waals surface area contributed by atoms with E-state index in [1.807, 2.05) is 18.2 Å². The molecule has 0 saturated heterocycles. The summed E-state index contributed by atoms with van der Waals surface area (Å²) >= 11 is 3.30. The molecule has 0 radical (unpaired) electrons. The van der Waals surface area contributed by atoms with Gasteiger partial charge in [0.05, 0.1) is 0 Å². The number of rotatable bonds is 4. The zero-order valence-corrected chi connectivity index (χ0v) is 9.84. The highest BCUT2D eigenvalue weighted by Gasteiger charge is 2.12. The second-order valence-electron chi connectivity index (χ2n) is 3.31. The minimum absolute atomic E-state index is 0.324. The molecule has 0 bridgehead atoms. The third-order valence-electron chi connectivity index (χ3n) is 2.08. The Morgan fingerprint density at radius 1 is 1.40 bits per heavy atom. The molecule has 0 spiro atoms. The molecule has 3 nitrogen and oxygen atoms in total. The van der Waals surface area contributed by atoms with Crippen molar-refractivity contribution in [1.82, 2.24) is 5.32 Å². The smallest absolute Gasteiger partial charge is 0.231 e. The lowest BCUT2D eigenvalue weighted by molar-refractivity contribution is 0.174. The van der Waals surface area contributed by atoms with Crippen LogP contribution in [-0.4, -0.2) is 13.3 Å². The lowest BCUT2D eigenvalue weighted by Crippen LogP contribution is -2.14. The summed E-state index contributed by atoms with van der Waals surface area (Å²) in [6.07, 6.45) is 0. The molecule has 1 aromatic rings. The van der Waals surface area contributed by atoms with Crippen molar-refractivity contribution in [2.24, 2.45) is 0 Å². The quantitative estimate of drug-likeness (QED) is 0.911. The van der Waals surface area contributed by atoms with Crippen LogP contribution in [0.25, 0.3) is 0 Å². The second kappa shape index (κ2) is 4.68. The van der Waals surface area contributed by atoms with Crippen molar-refractivity contribution in [3.05, 3.63) is 34.8 Å². The van der Waals surface area contributed by atoms with Gasteiger partial charge in [0.25, 0.3) is 0 Å². The van der Waals surface area contributed by atoms with Crippen molar-refractivity contribution in [1.29, 1.82) is 0 Å². The molecule has 0 aromatic heterocycles. The summed E-state index contributed by atoms with van der Waals surface area (Å²) in [5.41, 5.74) is 1.17. The zero-order valence-electron chi connectivity index (χ0n) is 8.25. The van der Waals surface area contributed by atoms with E-state index in [4.69, 9.17) is 9.47 Å². The molecule has 2 rings (SSSR count). The van der Waals surface area contributed by atoms with E-state index in [-0.39, 0.29) is 0 Å². The van der Waals surface area contributed by atoms with Gasteiger partial charge in [-0.1, -0.05) is 28.6 Å². The van der Waals surface area contributed by atoms with Crippen LogP contribution in [0.5, 0.6) is 11.5 Å². The molecule has 0 aliphatic carbocycles. The Kier molecular flexibility index (Phi) is 3.28. The first-order valence-electron chi connectivity index (χ1n) is 4.68. The second-order valence-corrected chi connectivity index (χ2v) is 4.43. The molecule has 1 heterocycles. The third kappa shape index (κ3) is 2.73. The molecule has 0 fully saturated rings. The Morgan fingerprint density at radius 3 is 3.00 bits per heavy atom. The summed E-state index contributed by atoms with van der Waals surface area (Å²) in [6.45, 7) is 5.63. The predicted octanol–water partition coefficient (Wildman–Crippen LogP) is 2.41. The molecule has 80 valence electrons. The lowest BCUT2D eigenvalue weighted by atomic mass is 10.2. The normalized spacial score (nSPS) is 12.9. The lowest BCUT2D eigenvalue weighted by Gasteiger charge is -2.04. The van der Waals surface area contributed by atoms with Crippen molar-refractivity contribution in [2.75, 3.05) is 13.3 Å². The van der Waals surface area contributed by atoms with E-state index in [1.165, 1.54) is 5.56 Å². The minimum atomic E-state index is 0.324. The average molecular weight is 270 g/mol. The first kappa shape index (κ1) is 10.5. The molecule has 0 amide bonds. The molecular formula is C11H12BrNO2. The predicted molar refractivity (Wildman–Crippen MR) is 62.3 cm³/mol. The van der Waals surface area contributed by atoms with Gasteiger partial charge in [-0.15, -0.1) is 0 Å². The van der Waals surface area contributed by atoms with Gasteiger partial charge in [0.1, 0.15) is 0 Å². The van der Waals surface area contributed by atoms with E-state index < -0.39 is 0 Å². The van der Waals surface area contributed by atoms with Crippen molar-refractivity contribution < 1.29 is 9.47 Å². The van der Waals surface area contributed by atoms with Crippen molar-refractivity contribution >= 4 is 15.9 Å². The molecular weight excluding hydrogens is 258 g/mol. The Hall–Kier alpha value is -1.00. The third-order valence-corrected chi connectivity index (χ3v) is 2.36. The molecule has 15 heavy (non-hydrogen) atoms. The first-order valence-corrected chi connectivity index (χ1v) is 5.47. The van der Waals surface area contributed by atoms with Gasteiger partial charge in [0.15, 0.2) is 11.5 Å². The van der Waals surface area contributed by atoms with Crippen molar-refractivity contribution in [2.45, 2.75) is 6.54 Å². The van der Waals surface area contributed by atoms with Crippen molar-refractivity contribution in [3.63, 3.8) is 0 Å². The minimum Gasteiger partial charge on any atom is -0.454 e. The number of nitrogens with one attached hydrogen (secondary N) is 1. The first-order chi connectivity index (χ1) is 7.25. The molecule has 4 heteroatoms. The summed E-state index contributed by atoms with van der Waals surface area (Å²) in [6, 6.07) is 5.95. The summed E-state index contributed by atoms with van der Waals surface area (Å²) in [5, 5.41) is 3.25. The van der Waals surface area contributed by atoms with E-state index in [0.717, 1.165) is 29.1 Å². The highest BCUT2D eigenvalue weighted by atomic mass is 79.9. The fourth-order valence-corrected chi connectivity index (χ4v) is 1.59. The fraction of sp³-hybridized carbons (Fsp3) is 0.273. The van der Waals surface area contributed by atoms with Crippen LogP contribution in [0, 0.1) is 0 Å². The maximum atomic E-state index is 5.29. The Bertz CT molecular complexity index is 379. The largest absolute Gasteiger partial charge is 0.454 e. The molecule has 1 N–H and O–H groups in total. The Balaban J connectivity index is 1.95. The van der Waals surface area contributed by atoms with E-state index in [0.29, 0.717) is 6.79 Å². The van der Waals surface area contributed by atoms with Gasteiger partial charge >= 0.3 is 0 Å². The number of benzene rings is 1. The maximum absolute atomic E-state index is 5.29. The van der Waals surface area contributed by atoms with Crippen LogP contribution in [0.4, 0.5) is 0 Å². The molecule has 1 aliphatic heterocycles. The van der Waals surface area contributed by atoms with Gasteiger partial charge in [-0.3, -0.25) is 0 Å². The monoisotopic (exact) mass is 269 g/mol.